The lowest BCUT2D eigenvalue weighted by atomic mass is 9.96. The molecule has 1 unspecified atom stereocenters. The standard InChI is InChI=1S/C14H20N2O/c1-11-5-2-3-6-12(11)9-16-8-4-7-13(10-16)14(15)17/h2-3,5-6,13H,4,7-10H2,1H3,(H2,15,17). The van der Waals surface area contributed by atoms with Crippen LogP contribution in [0, 0.1) is 12.8 Å². The van der Waals surface area contributed by atoms with Crippen LogP contribution in [0.15, 0.2) is 24.3 Å². The fourth-order valence-electron chi connectivity index (χ4n) is 2.46. The molecule has 1 aromatic carbocycles. The quantitative estimate of drug-likeness (QED) is 0.862. The van der Waals surface area contributed by atoms with E-state index in [4.69, 9.17) is 5.73 Å². The molecule has 1 atom stereocenters. The Hall–Kier alpha value is -1.35. The van der Waals surface area contributed by atoms with E-state index in [1.54, 1.807) is 0 Å². The highest BCUT2D eigenvalue weighted by molar-refractivity contribution is 5.76. The molecule has 0 bridgehead atoms. The summed E-state index contributed by atoms with van der Waals surface area (Å²) >= 11 is 0. The summed E-state index contributed by atoms with van der Waals surface area (Å²) in [7, 11) is 0. The summed E-state index contributed by atoms with van der Waals surface area (Å²) in [4.78, 5) is 13.5. The molecule has 17 heavy (non-hydrogen) atoms. The van der Waals surface area contributed by atoms with Crippen molar-refractivity contribution in [2.24, 2.45) is 11.7 Å². The molecule has 1 fully saturated rings. The Morgan fingerprint density at radius 3 is 2.94 bits per heavy atom. The number of hydrogen-bond acceptors (Lipinski definition) is 2. The number of primary amides is 1. The molecule has 1 amide bonds. The Bertz CT molecular complexity index is 403. The van der Waals surface area contributed by atoms with E-state index in [2.05, 4.69) is 36.1 Å². The average Bonchev–Trinajstić information content (AvgIpc) is 2.32. The van der Waals surface area contributed by atoms with Gasteiger partial charge in [-0.2, -0.15) is 0 Å². The maximum atomic E-state index is 11.2. The Morgan fingerprint density at radius 1 is 1.47 bits per heavy atom. The summed E-state index contributed by atoms with van der Waals surface area (Å²) < 4.78 is 0. The molecule has 0 aromatic heterocycles. The third kappa shape index (κ3) is 3.07. The van der Waals surface area contributed by atoms with E-state index < -0.39 is 0 Å². The van der Waals surface area contributed by atoms with Gasteiger partial charge in [-0.25, -0.2) is 0 Å². The first-order valence-corrected chi connectivity index (χ1v) is 6.23. The first kappa shape index (κ1) is 12.1. The number of carbonyl (C=O) groups excluding carboxylic acids is 1. The average molecular weight is 232 g/mol. The summed E-state index contributed by atoms with van der Waals surface area (Å²) in [5, 5.41) is 0. The van der Waals surface area contributed by atoms with E-state index in [-0.39, 0.29) is 11.8 Å². The van der Waals surface area contributed by atoms with Crippen molar-refractivity contribution < 1.29 is 4.79 Å². The van der Waals surface area contributed by atoms with E-state index in [0.717, 1.165) is 32.5 Å². The number of rotatable bonds is 3. The zero-order valence-electron chi connectivity index (χ0n) is 10.4. The van der Waals surface area contributed by atoms with Crippen LogP contribution in [0.1, 0.15) is 24.0 Å². The van der Waals surface area contributed by atoms with Crippen LogP contribution in [0.2, 0.25) is 0 Å². The van der Waals surface area contributed by atoms with Crippen LogP contribution in [-0.4, -0.2) is 23.9 Å². The molecular formula is C14H20N2O. The van der Waals surface area contributed by atoms with Gasteiger partial charge in [0.15, 0.2) is 0 Å². The predicted octanol–water partition coefficient (Wildman–Crippen LogP) is 1.69. The number of nitrogens with zero attached hydrogens (tertiary/aromatic N) is 1. The molecule has 0 radical (unpaired) electrons. The second kappa shape index (κ2) is 5.32. The van der Waals surface area contributed by atoms with Crippen LogP contribution < -0.4 is 5.73 Å². The van der Waals surface area contributed by atoms with Gasteiger partial charge < -0.3 is 5.73 Å². The summed E-state index contributed by atoms with van der Waals surface area (Å²) in [6, 6.07) is 8.41. The molecule has 0 saturated carbocycles. The lowest BCUT2D eigenvalue weighted by Crippen LogP contribution is -2.40. The Morgan fingerprint density at radius 2 is 2.24 bits per heavy atom. The van der Waals surface area contributed by atoms with E-state index in [1.165, 1.54) is 11.1 Å². The summed E-state index contributed by atoms with van der Waals surface area (Å²) in [5.41, 5.74) is 8.05. The minimum absolute atomic E-state index is 0.0350. The van der Waals surface area contributed by atoms with Crippen LogP contribution in [0.5, 0.6) is 0 Å². The van der Waals surface area contributed by atoms with Crippen LogP contribution in [0.3, 0.4) is 0 Å². The number of aryl methyl sites for hydroxylation is 1. The molecule has 2 rings (SSSR count). The van der Waals surface area contributed by atoms with Crippen LogP contribution in [-0.2, 0) is 11.3 Å². The molecule has 0 aliphatic carbocycles. The van der Waals surface area contributed by atoms with E-state index in [0.29, 0.717) is 0 Å². The normalized spacial score (nSPS) is 21.4. The first-order valence-electron chi connectivity index (χ1n) is 6.23. The molecule has 92 valence electrons. The van der Waals surface area contributed by atoms with Crippen LogP contribution in [0.4, 0.5) is 0 Å². The first-order chi connectivity index (χ1) is 8.16. The highest BCUT2D eigenvalue weighted by atomic mass is 16.1. The van der Waals surface area contributed by atoms with Crippen molar-refractivity contribution in [2.45, 2.75) is 26.3 Å². The van der Waals surface area contributed by atoms with Crippen molar-refractivity contribution in [1.29, 1.82) is 0 Å². The molecule has 3 nitrogen and oxygen atoms in total. The number of carbonyl (C=O) groups is 1. The number of nitrogens with two attached hydrogens (primary N) is 1. The van der Waals surface area contributed by atoms with E-state index in [9.17, 15) is 4.79 Å². The highest BCUT2D eigenvalue weighted by Crippen LogP contribution is 2.19. The third-order valence-electron chi connectivity index (χ3n) is 3.56. The number of benzene rings is 1. The Balaban J connectivity index is 1.99. The third-order valence-corrected chi connectivity index (χ3v) is 3.56. The summed E-state index contributed by atoms with van der Waals surface area (Å²) in [6.45, 7) is 4.93. The molecule has 1 heterocycles. The molecule has 1 saturated heterocycles. The molecule has 1 aliphatic heterocycles. The van der Waals surface area contributed by atoms with Crippen LogP contribution in [0.25, 0.3) is 0 Å². The SMILES string of the molecule is Cc1ccccc1CN1CCCC(C(N)=O)C1. The highest BCUT2D eigenvalue weighted by Gasteiger charge is 2.23. The van der Waals surface area contributed by atoms with Crippen molar-refractivity contribution in [3.63, 3.8) is 0 Å². The summed E-state index contributed by atoms with van der Waals surface area (Å²) in [6.07, 6.45) is 2.01. The number of piperidine rings is 1. The maximum absolute atomic E-state index is 11.2. The Labute approximate surface area is 103 Å². The number of likely N-dealkylation sites (tertiary alicyclic amines) is 1. The van der Waals surface area contributed by atoms with Gasteiger partial charge in [0, 0.05) is 13.1 Å². The predicted molar refractivity (Wildman–Crippen MR) is 68.4 cm³/mol. The van der Waals surface area contributed by atoms with Gasteiger partial charge in [-0.1, -0.05) is 24.3 Å². The molecular weight excluding hydrogens is 212 g/mol. The lowest BCUT2D eigenvalue weighted by molar-refractivity contribution is -0.123. The van der Waals surface area contributed by atoms with Gasteiger partial charge in [-0.05, 0) is 37.4 Å². The minimum atomic E-state index is -0.153. The fraction of sp³-hybridized carbons (Fsp3) is 0.500. The monoisotopic (exact) mass is 232 g/mol. The molecule has 3 heteroatoms. The van der Waals surface area contributed by atoms with Crippen molar-refractivity contribution in [3.05, 3.63) is 35.4 Å². The molecule has 2 N–H and O–H groups in total. The van der Waals surface area contributed by atoms with Gasteiger partial charge in [0.25, 0.3) is 0 Å². The zero-order valence-corrected chi connectivity index (χ0v) is 10.4. The van der Waals surface area contributed by atoms with Gasteiger partial charge in [-0.15, -0.1) is 0 Å². The van der Waals surface area contributed by atoms with Gasteiger partial charge in [0.1, 0.15) is 0 Å². The van der Waals surface area contributed by atoms with Gasteiger partial charge in [-0.3, -0.25) is 9.69 Å². The van der Waals surface area contributed by atoms with E-state index >= 15 is 0 Å². The summed E-state index contributed by atoms with van der Waals surface area (Å²) in [5.74, 6) is -0.118. The molecule has 1 aliphatic rings. The van der Waals surface area contributed by atoms with Crippen molar-refractivity contribution in [1.82, 2.24) is 4.90 Å². The number of hydrogen-bond donors (Lipinski definition) is 1. The van der Waals surface area contributed by atoms with Crippen molar-refractivity contribution in [3.8, 4) is 0 Å². The maximum Gasteiger partial charge on any atom is 0.221 e. The Kier molecular flexibility index (Phi) is 3.79. The largest absolute Gasteiger partial charge is 0.369 e. The van der Waals surface area contributed by atoms with E-state index in [1.807, 2.05) is 0 Å². The second-order valence-electron chi connectivity index (χ2n) is 4.90. The topological polar surface area (TPSA) is 46.3 Å². The van der Waals surface area contributed by atoms with Crippen molar-refractivity contribution >= 4 is 5.91 Å². The second-order valence-corrected chi connectivity index (χ2v) is 4.90. The molecule has 1 aromatic rings. The fourth-order valence-corrected chi connectivity index (χ4v) is 2.46. The zero-order chi connectivity index (χ0) is 12.3. The van der Waals surface area contributed by atoms with Crippen LogP contribution >= 0.6 is 0 Å². The van der Waals surface area contributed by atoms with Gasteiger partial charge in [0.05, 0.1) is 5.92 Å². The van der Waals surface area contributed by atoms with Crippen molar-refractivity contribution in [2.75, 3.05) is 13.1 Å². The lowest BCUT2D eigenvalue weighted by Gasteiger charge is -2.31. The number of amides is 1. The smallest absolute Gasteiger partial charge is 0.221 e. The van der Waals surface area contributed by atoms with Gasteiger partial charge in [0.2, 0.25) is 5.91 Å². The van der Waals surface area contributed by atoms with Gasteiger partial charge >= 0.3 is 0 Å². The minimum Gasteiger partial charge on any atom is -0.369 e. The molecule has 0 spiro atoms.